The van der Waals surface area contributed by atoms with E-state index >= 15 is 0 Å². The minimum Gasteiger partial charge on any atom is -0.362 e. The van der Waals surface area contributed by atoms with Crippen LogP contribution in [0.2, 0.25) is 0 Å². The van der Waals surface area contributed by atoms with Crippen LogP contribution in [0.4, 0.5) is 5.82 Å². The van der Waals surface area contributed by atoms with Gasteiger partial charge in [-0.3, -0.25) is 9.48 Å². The molecule has 0 spiro atoms. The number of likely N-dealkylation sites (tertiary alicyclic amines) is 1. The Morgan fingerprint density at radius 2 is 2.22 bits per heavy atom. The van der Waals surface area contributed by atoms with Crippen LogP contribution in [0, 0.1) is 6.92 Å². The molecule has 0 radical (unpaired) electrons. The third-order valence-corrected chi connectivity index (χ3v) is 4.23. The van der Waals surface area contributed by atoms with Crippen LogP contribution in [0.1, 0.15) is 34.8 Å². The third kappa shape index (κ3) is 3.21. The number of aromatic nitrogens is 3. The molecule has 3 heterocycles. The molecule has 0 N–H and O–H groups in total. The van der Waals surface area contributed by atoms with Crippen LogP contribution in [0.5, 0.6) is 0 Å². The molecule has 0 aliphatic carbocycles. The molecule has 1 saturated heterocycles. The number of rotatable bonds is 3. The summed E-state index contributed by atoms with van der Waals surface area (Å²) in [4.78, 5) is 21.1. The second kappa shape index (κ2) is 6.40. The van der Waals surface area contributed by atoms with E-state index in [1.54, 1.807) is 6.20 Å². The maximum absolute atomic E-state index is 12.9. The van der Waals surface area contributed by atoms with Crippen LogP contribution in [-0.4, -0.2) is 52.8 Å². The molecule has 0 saturated carbocycles. The average Bonchev–Trinajstić information content (AvgIpc) is 3.01. The molecule has 3 rings (SSSR count). The summed E-state index contributed by atoms with van der Waals surface area (Å²) in [6.07, 6.45) is 7.68. The fourth-order valence-corrected chi connectivity index (χ4v) is 3.08. The molecule has 1 amide bonds. The van der Waals surface area contributed by atoms with E-state index in [9.17, 15) is 4.79 Å². The van der Waals surface area contributed by atoms with Crippen molar-refractivity contribution in [3.8, 4) is 0 Å². The van der Waals surface area contributed by atoms with Crippen molar-refractivity contribution in [1.82, 2.24) is 19.7 Å². The van der Waals surface area contributed by atoms with E-state index in [1.807, 2.05) is 60.0 Å². The lowest BCUT2D eigenvalue weighted by atomic mass is 10.0. The predicted octanol–water partition coefficient (Wildman–Crippen LogP) is 2.13. The van der Waals surface area contributed by atoms with Crippen molar-refractivity contribution in [3.05, 3.63) is 41.9 Å². The van der Waals surface area contributed by atoms with Gasteiger partial charge >= 0.3 is 0 Å². The topological polar surface area (TPSA) is 54.3 Å². The lowest BCUT2D eigenvalue weighted by molar-refractivity contribution is 0.0673. The van der Waals surface area contributed by atoms with E-state index in [0.29, 0.717) is 12.1 Å². The first-order chi connectivity index (χ1) is 11.1. The first-order valence-corrected chi connectivity index (χ1v) is 7.98. The number of carbonyl (C=O) groups is 1. The Bertz CT molecular complexity index is 694. The molecule has 0 bridgehead atoms. The first kappa shape index (κ1) is 15.5. The Kier molecular flexibility index (Phi) is 4.32. The maximum atomic E-state index is 12.9. The molecule has 1 atom stereocenters. The average molecular weight is 313 g/mol. The highest BCUT2D eigenvalue weighted by atomic mass is 16.2. The molecule has 23 heavy (non-hydrogen) atoms. The summed E-state index contributed by atoms with van der Waals surface area (Å²) in [5, 5.41) is 4.41. The molecule has 0 unspecified atom stereocenters. The van der Waals surface area contributed by atoms with E-state index in [0.717, 1.165) is 30.8 Å². The SMILES string of the molecule is Cc1cnn([C@H]2CCCN(C(=O)c3cccnc3N(C)C)C2)c1. The highest BCUT2D eigenvalue weighted by molar-refractivity contribution is 5.98. The van der Waals surface area contributed by atoms with Gasteiger partial charge in [0.25, 0.3) is 5.91 Å². The van der Waals surface area contributed by atoms with E-state index in [2.05, 4.69) is 10.1 Å². The maximum Gasteiger partial charge on any atom is 0.257 e. The van der Waals surface area contributed by atoms with Gasteiger partial charge in [0.15, 0.2) is 0 Å². The van der Waals surface area contributed by atoms with Gasteiger partial charge in [-0.2, -0.15) is 5.10 Å². The highest BCUT2D eigenvalue weighted by Crippen LogP contribution is 2.24. The van der Waals surface area contributed by atoms with Gasteiger partial charge in [0.1, 0.15) is 5.82 Å². The van der Waals surface area contributed by atoms with Gasteiger partial charge in [0, 0.05) is 39.6 Å². The van der Waals surface area contributed by atoms with Crippen molar-refractivity contribution in [1.29, 1.82) is 0 Å². The van der Waals surface area contributed by atoms with Gasteiger partial charge in [0.2, 0.25) is 0 Å². The Labute approximate surface area is 136 Å². The predicted molar refractivity (Wildman–Crippen MR) is 89.7 cm³/mol. The van der Waals surface area contributed by atoms with Gasteiger partial charge < -0.3 is 9.80 Å². The third-order valence-electron chi connectivity index (χ3n) is 4.23. The molecule has 0 aromatic carbocycles. The summed E-state index contributed by atoms with van der Waals surface area (Å²) in [6.45, 7) is 3.52. The lowest BCUT2D eigenvalue weighted by Gasteiger charge is -2.33. The van der Waals surface area contributed by atoms with Crippen LogP contribution < -0.4 is 4.90 Å². The molecule has 6 heteroatoms. The molecular formula is C17H23N5O. The van der Waals surface area contributed by atoms with Crippen LogP contribution in [0.25, 0.3) is 0 Å². The second-order valence-electron chi connectivity index (χ2n) is 6.31. The molecule has 6 nitrogen and oxygen atoms in total. The van der Waals surface area contributed by atoms with E-state index in [1.165, 1.54) is 0 Å². The summed E-state index contributed by atoms with van der Waals surface area (Å²) >= 11 is 0. The first-order valence-electron chi connectivity index (χ1n) is 7.98. The van der Waals surface area contributed by atoms with Crippen molar-refractivity contribution in [3.63, 3.8) is 0 Å². The van der Waals surface area contributed by atoms with Crippen LogP contribution in [0.15, 0.2) is 30.7 Å². The highest BCUT2D eigenvalue weighted by Gasteiger charge is 2.27. The Hall–Kier alpha value is -2.37. The van der Waals surface area contributed by atoms with Crippen molar-refractivity contribution >= 4 is 11.7 Å². The van der Waals surface area contributed by atoms with Crippen LogP contribution in [0.3, 0.4) is 0 Å². The van der Waals surface area contributed by atoms with Crippen molar-refractivity contribution in [2.75, 3.05) is 32.1 Å². The second-order valence-corrected chi connectivity index (χ2v) is 6.31. The number of piperidine rings is 1. The number of aryl methyl sites for hydroxylation is 1. The standard InChI is InChI=1S/C17H23N5O/c1-13-10-19-22(11-13)14-6-5-9-21(12-14)17(23)15-7-4-8-18-16(15)20(2)3/h4,7-8,10-11,14H,5-6,9,12H2,1-3H3/t14-/m0/s1. The number of nitrogens with zero attached hydrogens (tertiary/aromatic N) is 5. The number of hydrogen-bond acceptors (Lipinski definition) is 4. The van der Waals surface area contributed by atoms with Crippen LogP contribution in [-0.2, 0) is 0 Å². The molecule has 1 fully saturated rings. The molecule has 1 aliphatic rings. The van der Waals surface area contributed by atoms with Gasteiger partial charge in [-0.05, 0) is 37.5 Å². The normalized spacial score (nSPS) is 18.0. The molecule has 2 aromatic heterocycles. The monoisotopic (exact) mass is 313 g/mol. The zero-order chi connectivity index (χ0) is 16.4. The zero-order valence-corrected chi connectivity index (χ0v) is 13.9. The number of carbonyl (C=O) groups excluding carboxylic acids is 1. The number of amides is 1. The smallest absolute Gasteiger partial charge is 0.257 e. The van der Waals surface area contributed by atoms with Crippen molar-refractivity contribution < 1.29 is 4.79 Å². The summed E-state index contributed by atoms with van der Waals surface area (Å²) in [6, 6.07) is 3.92. The van der Waals surface area contributed by atoms with E-state index in [-0.39, 0.29) is 11.9 Å². The van der Waals surface area contributed by atoms with E-state index in [4.69, 9.17) is 0 Å². The van der Waals surface area contributed by atoms with Gasteiger partial charge in [-0.1, -0.05) is 0 Å². The lowest BCUT2D eigenvalue weighted by Crippen LogP contribution is -2.41. The minimum absolute atomic E-state index is 0.0513. The quantitative estimate of drug-likeness (QED) is 0.871. The molecule has 2 aromatic rings. The van der Waals surface area contributed by atoms with Gasteiger partial charge in [-0.25, -0.2) is 4.98 Å². The Morgan fingerprint density at radius 3 is 2.91 bits per heavy atom. The van der Waals surface area contributed by atoms with E-state index < -0.39 is 0 Å². The Morgan fingerprint density at radius 1 is 1.39 bits per heavy atom. The van der Waals surface area contributed by atoms with Crippen molar-refractivity contribution in [2.24, 2.45) is 0 Å². The summed E-state index contributed by atoms with van der Waals surface area (Å²) in [7, 11) is 3.81. The van der Waals surface area contributed by atoms with Crippen LogP contribution >= 0.6 is 0 Å². The molecule has 122 valence electrons. The molecular weight excluding hydrogens is 290 g/mol. The minimum atomic E-state index is 0.0513. The number of anilines is 1. The zero-order valence-electron chi connectivity index (χ0n) is 13.9. The van der Waals surface area contributed by atoms with Gasteiger partial charge in [-0.15, -0.1) is 0 Å². The number of hydrogen-bond donors (Lipinski definition) is 0. The summed E-state index contributed by atoms with van der Waals surface area (Å²) < 4.78 is 1.99. The van der Waals surface area contributed by atoms with Gasteiger partial charge in [0.05, 0.1) is 17.8 Å². The largest absolute Gasteiger partial charge is 0.362 e. The molecule has 1 aliphatic heterocycles. The summed E-state index contributed by atoms with van der Waals surface area (Å²) in [5.41, 5.74) is 1.81. The fourth-order valence-electron chi connectivity index (χ4n) is 3.08. The Balaban J connectivity index is 1.80. The fraction of sp³-hybridized carbons (Fsp3) is 0.471. The van der Waals surface area contributed by atoms with Crippen molar-refractivity contribution in [2.45, 2.75) is 25.8 Å². The summed E-state index contributed by atoms with van der Waals surface area (Å²) in [5.74, 6) is 0.768. The number of pyridine rings is 1.